The number of carbonyl (C=O) groups is 1. The van der Waals surface area contributed by atoms with Gasteiger partial charge in [-0.1, -0.05) is 30.1 Å². The summed E-state index contributed by atoms with van der Waals surface area (Å²) in [4.78, 5) is 17.6. The summed E-state index contributed by atoms with van der Waals surface area (Å²) in [7, 11) is 0. The molecule has 1 aromatic carbocycles. The molecule has 1 aliphatic heterocycles. The maximum absolute atomic E-state index is 11.3. The number of carboxylic acids is 1. The molecule has 3 rings (SSSR count). The Morgan fingerprint density at radius 1 is 1.46 bits per heavy atom. The predicted molar refractivity (Wildman–Crippen MR) is 93.6 cm³/mol. The third-order valence-corrected chi connectivity index (χ3v) is 5.03. The molecule has 24 heavy (non-hydrogen) atoms. The fourth-order valence-electron chi connectivity index (χ4n) is 3.33. The molecule has 1 fully saturated rings. The van der Waals surface area contributed by atoms with Crippen LogP contribution in [0.3, 0.4) is 0 Å². The number of benzene rings is 1. The Kier molecular flexibility index (Phi) is 4.53. The molecule has 124 valence electrons. The number of hydrogen-bond acceptors (Lipinski definition) is 4. The van der Waals surface area contributed by atoms with Gasteiger partial charge < -0.3 is 10.0 Å². The van der Waals surface area contributed by atoms with Crippen molar-refractivity contribution in [1.82, 2.24) is 4.98 Å². The number of nitrogens with zero attached hydrogens (tertiary/aromatic N) is 3. The molecule has 0 saturated carbocycles. The van der Waals surface area contributed by atoms with E-state index in [1.54, 1.807) is 18.2 Å². The van der Waals surface area contributed by atoms with Crippen LogP contribution in [-0.2, 0) is 4.79 Å². The molecular weight excluding hydrogens is 349 g/mol. The van der Waals surface area contributed by atoms with Crippen LogP contribution in [-0.4, -0.2) is 29.1 Å². The predicted octanol–water partition coefficient (Wildman–Crippen LogP) is 3.96. The second-order valence-corrected chi connectivity index (χ2v) is 6.85. The van der Waals surface area contributed by atoms with Crippen molar-refractivity contribution in [3.05, 3.63) is 33.9 Å². The van der Waals surface area contributed by atoms with Crippen LogP contribution in [0.2, 0.25) is 10.2 Å². The lowest BCUT2D eigenvalue weighted by molar-refractivity contribution is -0.144. The Balaban J connectivity index is 2.13. The monoisotopic (exact) mass is 363 g/mol. The molecule has 0 aliphatic carbocycles. The van der Waals surface area contributed by atoms with Crippen LogP contribution in [0.15, 0.2) is 18.2 Å². The molecule has 2 aromatic rings. The third-order valence-electron chi connectivity index (χ3n) is 4.53. The minimum Gasteiger partial charge on any atom is -0.481 e. The molecule has 0 amide bonds. The first-order valence-corrected chi connectivity index (χ1v) is 8.34. The van der Waals surface area contributed by atoms with E-state index in [9.17, 15) is 15.2 Å². The molecule has 1 aliphatic rings. The van der Waals surface area contributed by atoms with Gasteiger partial charge in [0.15, 0.2) is 0 Å². The average molecular weight is 364 g/mol. The van der Waals surface area contributed by atoms with Crippen molar-refractivity contribution in [3.63, 3.8) is 0 Å². The Morgan fingerprint density at radius 2 is 2.21 bits per heavy atom. The summed E-state index contributed by atoms with van der Waals surface area (Å²) in [6.45, 7) is 2.99. The summed E-state index contributed by atoms with van der Waals surface area (Å²) in [5.74, 6) is -1.19. The van der Waals surface area contributed by atoms with Crippen molar-refractivity contribution in [1.29, 1.82) is 5.26 Å². The van der Waals surface area contributed by atoms with Gasteiger partial charge in [0, 0.05) is 23.5 Å². The highest BCUT2D eigenvalue weighted by Crippen LogP contribution is 2.38. The lowest BCUT2D eigenvalue weighted by atomic mass is 9.86. The molecule has 5 nitrogen and oxygen atoms in total. The van der Waals surface area contributed by atoms with E-state index in [1.807, 2.05) is 11.8 Å². The highest BCUT2D eigenvalue weighted by Gasteiger charge is 2.33. The van der Waals surface area contributed by atoms with E-state index in [0.29, 0.717) is 41.3 Å². The van der Waals surface area contributed by atoms with Crippen LogP contribution in [0.4, 0.5) is 5.69 Å². The van der Waals surface area contributed by atoms with E-state index in [-0.39, 0.29) is 17.0 Å². The number of hydrogen-bond donors (Lipinski definition) is 1. The SMILES string of the molecule is CC1CN(c2c(C#N)c(Cl)nc3ccc(Cl)cc23)CCC1C(=O)O. The quantitative estimate of drug-likeness (QED) is 0.817. The Morgan fingerprint density at radius 3 is 2.83 bits per heavy atom. The number of pyridine rings is 1. The summed E-state index contributed by atoms with van der Waals surface area (Å²) >= 11 is 12.3. The van der Waals surface area contributed by atoms with Crippen LogP contribution in [0.25, 0.3) is 10.9 Å². The second-order valence-electron chi connectivity index (χ2n) is 6.06. The normalized spacial score (nSPS) is 20.8. The van der Waals surface area contributed by atoms with Gasteiger partial charge in [-0.15, -0.1) is 0 Å². The highest BCUT2D eigenvalue weighted by molar-refractivity contribution is 6.33. The Labute approximate surface area is 149 Å². The largest absolute Gasteiger partial charge is 0.481 e. The first-order chi connectivity index (χ1) is 11.4. The van der Waals surface area contributed by atoms with Crippen molar-refractivity contribution >= 4 is 45.8 Å². The molecule has 1 aromatic heterocycles. The molecular formula is C17H15Cl2N3O2. The molecule has 2 unspecified atom stereocenters. The second kappa shape index (κ2) is 6.46. The number of piperidine rings is 1. The summed E-state index contributed by atoms with van der Waals surface area (Å²) < 4.78 is 0. The maximum Gasteiger partial charge on any atom is 0.306 e. The Bertz CT molecular complexity index is 863. The van der Waals surface area contributed by atoms with Crippen molar-refractivity contribution in [2.24, 2.45) is 11.8 Å². The summed E-state index contributed by atoms with van der Waals surface area (Å²) in [6.07, 6.45) is 0.517. The number of aromatic nitrogens is 1. The topological polar surface area (TPSA) is 77.2 Å². The van der Waals surface area contributed by atoms with E-state index in [0.717, 1.165) is 5.39 Å². The standard InChI is InChI=1S/C17H15Cl2N3O2/c1-9-8-22(5-4-11(9)17(23)24)15-12-6-10(18)2-3-14(12)21-16(19)13(15)7-20/h2-3,6,9,11H,4-5,8H2,1H3,(H,23,24). The van der Waals surface area contributed by atoms with E-state index >= 15 is 0 Å². The zero-order valence-electron chi connectivity index (χ0n) is 13.0. The molecule has 0 spiro atoms. The van der Waals surface area contributed by atoms with Crippen LogP contribution in [0.1, 0.15) is 18.9 Å². The van der Waals surface area contributed by atoms with Gasteiger partial charge in [0.25, 0.3) is 0 Å². The number of anilines is 1. The number of nitriles is 1. The van der Waals surface area contributed by atoms with Gasteiger partial charge in [0.1, 0.15) is 16.8 Å². The fraction of sp³-hybridized carbons (Fsp3) is 0.353. The van der Waals surface area contributed by atoms with Crippen molar-refractivity contribution in [2.75, 3.05) is 18.0 Å². The smallest absolute Gasteiger partial charge is 0.306 e. The third kappa shape index (κ3) is 2.88. The average Bonchev–Trinajstić information content (AvgIpc) is 2.53. The Hall–Kier alpha value is -2.03. The van der Waals surface area contributed by atoms with Crippen LogP contribution in [0, 0.1) is 23.2 Å². The molecule has 1 N–H and O–H groups in total. The van der Waals surface area contributed by atoms with Gasteiger partial charge in [0.2, 0.25) is 0 Å². The molecule has 0 radical (unpaired) electrons. The van der Waals surface area contributed by atoms with Crippen molar-refractivity contribution in [3.8, 4) is 6.07 Å². The minimum absolute atomic E-state index is 0.0380. The van der Waals surface area contributed by atoms with Gasteiger partial charge in [-0.2, -0.15) is 5.26 Å². The summed E-state index contributed by atoms with van der Waals surface area (Å²) in [6, 6.07) is 7.38. The van der Waals surface area contributed by atoms with Crippen LogP contribution >= 0.6 is 23.2 Å². The van der Waals surface area contributed by atoms with E-state index in [4.69, 9.17) is 23.2 Å². The van der Waals surface area contributed by atoms with Gasteiger partial charge in [-0.05, 0) is 30.5 Å². The fourth-order valence-corrected chi connectivity index (χ4v) is 3.73. The van der Waals surface area contributed by atoms with Gasteiger partial charge in [0.05, 0.1) is 17.1 Å². The van der Waals surface area contributed by atoms with E-state index in [1.165, 1.54) is 0 Å². The van der Waals surface area contributed by atoms with Crippen LogP contribution < -0.4 is 4.90 Å². The lowest BCUT2D eigenvalue weighted by Gasteiger charge is -2.37. The molecule has 1 saturated heterocycles. The minimum atomic E-state index is -0.775. The molecule has 7 heteroatoms. The van der Waals surface area contributed by atoms with Gasteiger partial charge in [-0.25, -0.2) is 4.98 Å². The van der Waals surface area contributed by atoms with E-state index in [2.05, 4.69) is 11.1 Å². The van der Waals surface area contributed by atoms with Gasteiger partial charge in [-0.3, -0.25) is 4.79 Å². The zero-order valence-corrected chi connectivity index (χ0v) is 14.5. The lowest BCUT2D eigenvalue weighted by Crippen LogP contribution is -2.42. The number of halogens is 2. The molecule has 2 heterocycles. The number of aliphatic carboxylic acids is 1. The maximum atomic E-state index is 11.3. The summed E-state index contributed by atoms with van der Waals surface area (Å²) in [5.41, 5.74) is 1.64. The van der Waals surface area contributed by atoms with Crippen molar-refractivity contribution < 1.29 is 9.90 Å². The van der Waals surface area contributed by atoms with Crippen molar-refractivity contribution in [2.45, 2.75) is 13.3 Å². The number of fused-ring (bicyclic) bond motifs is 1. The van der Waals surface area contributed by atoms with Gasteiger partial charge >= 0.3 is 5.97 Å². The number of rotatable bonds is 2. The zero-order chi connectivity index (χ0) is 17.4. The summed E-state index contributed by atoms with van der Waals surface area (Å²) in [5, 5.41) is 20.3. The molecule has 2 atom stereocenters. The first kappa shape index (κ1) is 16.8. The van der Waals surface area contributed by atoms with E-state index < -0.39 is 5.97 Å². The van der Waals surface area contributed by atoms with Crippen LogP contribution in [0.5, 0.6) is 0 Å². The first-order valence-electron chi connectivity index (χ1n) is 7.59. The molecule has 0 bridgehead atoms. The number of carboxylic acid groups (broad SMARTS) is 1. The highest BCUT2D eigenvalue weighted by atomic mass is 35.5.